The molecule has 0 saturated heterocycles. The van der Waals surface area contributed by atoms with Crippen LogP contribution < -0.4 is 15.4 Å². The third kappa shape index (κ3) is 5.95. The number of nitrogens with one attached hydrogen (secondary N) is 2. The average molecular weight is 368 g/mol. The van der Waals surface area contributed by atoms with Crippen LogP contribution in [0.3, 0.4) is 0 Å². The average Bonchev–Trinajstić information content (AvgIpc) is 2.66. The third-order valence-corrected chi connectivity index (χ3v) is 4.06. The molecule has 0 atom stereocenters. The van der Waals surface area contributed by atoms with Gasteiger partial charge in [0.2, 0.25) is 11.8 Å². The molecule has 0 fully saturated rings. The Labute approximate surface area is 158 Å². The van der Waals surface area contributed by atoms with E-state index in [1.807, 2.05) is 12.1 Å². The highest BCUT2D eigenvalue weighted by Crippen LogP contribution is 2.28. The molecule has 2 N–H and O–H groups in total. The van der Waals surface area contributed by atoms with Crippen molar-refractivity contribution in [3.05, 3.63) is 53.6 Å². The lowest BCUT2D eigenvalue weighted by Crippen LogP contribution is -2.14. The summed E-state index contributed by atoms with van der Waals surface area (Å²) in [6, 6.07) is 12.4. The number of aryl methyl sites for hydroxylation is 1. The van der Waals surface area contributed by atoms with Crippen molar-refractivity contribution in [3.63, 3.8) is 0 Å². The zero-order valence-electron chi connectivity index (χ0n) is 15.8. The normalized spacial score (nSPS) is 10.2. The van der Waals surface area contributed by atoms with Crippen LogP contribution in [0.1, 0.15) is 42.6 Å². The molecule has 2 aromatic rings. The van der Waals surface area contributed by atoms with Crippen LogP contribution in [0.15, 0.2) is 42.5 Å². The van der Waals surface area contributed by atoms with Crippen molar-refractivity contribution in [1.29, 1.82) is 0 Å². The number of rotatable bonds is 8. The van der Waals surface area contributed by atoms with Gasteiger partial charge < -0.3 is 15.4 Å². The number of Topliss-reactive ketones (excluding diaryl/α,β-unsaturated/α-hetero) is 1. The monoisotopic (exact) mass is 368 g/mol. The number of ether oxygens (including phenoxy) is 1. The van der Waals surface area contributed by atoms with E-state index in [2.05, 4.69) is 17.6 Å². The molecule has 0 unspecified atom stereocenters. The van der Waals surface area contributed by atoms with Crippen molar-refractivity contribution >= 4 is 29.0 Å². The Hall–Kier alpha value is -3.15. The third-order valence-electron chi connectivity index (χ3n) is 4.06. The lowest BCUT2D eigenvalue weighted by Gasteiger charge is -2.12. The van der Waals surface area contributed by atoms with Gasteiger partial charge in [-0.3, -0.25) is 14.4 Å². The summed E-state index contributed by atoms with van der Waals surface area (Å²) in [7, 11) is 1.50. The summed E-state index contributed by atoms with van der Waals surface area (Å²) in [4.78, 5) is 35.6. The zero-order valence-corrected chi connectivity index (χ0v) is 15.8. The molecule has 0 aliphatic heterocycles. The molecule has 0 aliphatic carbocycles. The van der Waals surface area contributed by atoms with Crippen LogP contribution in [0.2, 0.25) is 0 Å². The number of amides is 2. The number of methoxy groups -OCH3 is 1. The van der Waals surface area contributed by atoms with Crippen molar-refractivity contribution in [2.75, 3.05) is 17.7 Å². The predicted octanol–water partition coefficient (Wildman–Crippen LogP) is 3.82. The number of benzene rings is 2. The molecule has 0 aliphatic rings. The molecular formula is C21H24N2O4. The number of carbonyl (C=O) groups excluding carboxylic acids is 3. The summed E-state index contributed by atoms with van der Waals surface area (Å²) >= 11 is 0. The lowest BCUT2D eigenvalue weighted by atomic mass is 10.0. The van der Waals surface area contributed by atoms with Crippen LogP contribution in [0, 0.1) is 0 Å². The van der Waals surface area contributed by atoms with E-state index >= 15 is 0 Å². The summed E-state index contributed by atoms with van der Waals surface area (Å²) in [6.45, 7) is 3.45. The highest BCUT2D eigenvalue weighted by atomic mass is 16.5. The Kier molecular flexibility index (Phi) is 7.11. The van der Waals surface area contributed by atoms with Gasteiger partial charge in [0.05, 0.1) is 12.8 Å². The standard InChI is InChI=1S/C21H24N2O4/c1-4-15-5-7-16(8-6-15)19(25)10-12-21(26)23-17-9-11-20(27-3)18(13-17)22-14(2)24/h5-9,11,13H,4,10,12H2,1-3H3,(H,22,24)(H,23,26). The maximum Gasteiger partial charge on any atom is 0.224 e. The number of hydrogen-bond acceptors (Lipinski definition) is 4. The fraction of sp³-hybridized carbons (Fsp3) is 0.286. The Morgan fingerprint density at radius 1 is 0.963 bits per heavy atom. The van der Waals surface area contributed by atoms with E-state index in [0.29, 0.717) is 22.7 Å². The van der Waals surface area contributed by atoms with E-state index in [9.17, 15) is 14.4 Å². The quantitative estimate of drug-likeness (QED) is 0.694. The first-order chi connectivity index (χ1) is 12.9. The van der Waals surface area contributed by atoms with Crippen LogP contribution in [0.4, 0.5) is 11.4 Å². The van der Waals surface area contributed by atoms with E-state index in [1.54, 1.807) is 30.3 Å². The molecule has 0 aromatic heterocycles. The topological polar surface area (TPSA) is 84.5 Å². The molecule has 0 bridgehead atoms. The Bertz CT molecular complexity index is 829. The number of carbonyl (C=O) groups is 3. The summed E-state index contributed by atoms with van der Waals surface area (Å²) in [6.07, 6.45) is 1.13. The van der Waals surface area contributed by atoms with Crippen LogP contribution >= 0.6 is 0 Å². The van der Waals surface area contributed by atoms with E-state index in [-0.39, 0.29) is 30.4 Å². The number of ketones is 1. The van der Waals surface area contributed by atoms with Crippen LogP contribution in [-0.2, 0) is 16.0 Å². The van der Waals surface area contributed by atoms with Gasteiger partial charge in [0.1, 0.15) is 5.75 Å². The van der Waals surface area contributed by atoms with Crippen LogP contribution in [0.5, 0.6) is 5.75 Å². The molecule has 2 aromatic carbocycles. The van der Waals surface area contributed by atoms with Gasteiger partial charge in [-0.15, -0.1) is 0 Å². The van der Waals surface area contributed by atoms with E-state index in [4.69, 9.17) is 4.74 Å². The summed E-state index contributed by atoms with van der Waals surface area (Å²) in [5.74, 6) is -0.0840. The first kappa shape index (κ1) is 20.2. The molecule has 0 radical (unpaired) electrons. The lowest BCUT2D eigenvalue weighted by molar-refractivity contribution is -0.116. The van der Waals surface area contributed by atoms with Gasteiger partial charge in [0.25, 0.3) is 0 Å². The molecule has 2 rings (SSSR count). The first-order valence-electron chi connectivity index (χ1n) is 8.80. The van der Waals surface area contributed by atoms with Gasteiger partial charge in [-0.25, -0.2) is 0 Å². The Balaban J connectivity index is 1.94. The van der Waals surface area contributed by atoms with Crippen molar-refractivity contribution < 1.29 is 19.1 Å². The second-order valence-corrected chi connectivity index (χ2v) is 6.12. The largest absolute Gasteiger partial charge is 0.495 e. The van der Waals surface area contributed by atoms with E-state index in [0.717, 1.165) is 6.42 Å². The summed E-state index contributed by atoms with van der Waals surface area (Å²) in [5.41, 5.74) is 2.76. The Morgan fingerprint density at radius 3 is 2.26 bits per heavy atom. The van der Waals surface area contributed by atoms with Crippen molar-refractivity contribution in [2.45, 2.75) is 33.1 Å². The molecule has 2 amide bonds. The van der Waals surface area contributed by atoms with Crippen molar-refractivity contribution in [1.82, 2.24) is 0 Å². The SMILES string of the molecule is CCc1ccc(C(=O)CCC(=O)Nc2ccc(OC)c(NC(C)=O)c2)cc1. The second-order valence-electron chi connectivity index (χ2n) is 6.12. The highest BCUT2D eigenvalue weighted by molar-refractivity contribution is 6.00. The van der Waals surface area contributed by atoms with Crippen molar-refractivity contribution in [2.24, 2.45) is 0 Å². The maximum atomic E-state index is 12.2. The van der Waals surface area contributed by atoms with Crippen LogP contribution in [-0.4, -0.2) is 24.7 Å². The fourth-order valence-corrected chi connectivity index (χ4v) is 2.59. The molecular weight excluding hydrogens is 344 g/mol. The second kappa shape index (κ2) is 9.52. The molecule has 142 valence electrons. The van der Waals surface area contributed by atoms with Gasteiger partial charge in [-0.1, -0.05) is 31.2 Å². The van der Waals surface area contributed by atoms with Gasteiger partial charge in [0.15, 0.2) is 5.78 Å². The minimum absolute atomic E-state index is 0.0681. The molecule has 0 saturated carbocycles. The fourth-order valence-electron chi connectivity index (χ4n) is 2.59. The van der Waals surface area contributed by atoms with E-state index < -0.39 is 0 Å². The van der Waals surface area contributed by atoms with Gasteiger partial charge >= 0.3 is 0 Å². The Morgan fingerprint density at radius 2 is 1.67 bits per heavy atom. The zero-order chi connectivity index (χ0) is 19.8. The minimum Gasteiger partial charge on any atom is -0.495 e. The number of hydrogen-bond donors (Lipinski definition) is 2. The van der Waals surface area contributed by atoms with Crippen molar-refractivity contribution in [3.8, 4) is 5.75 Å². The number of anilines is 2. The summed E-state index contributed by atoms with van der Waals surface area (Å²) < 4.78 is 5.18. The van der Waals surface area contributed by atoms with Gasteiger partial charge in [0, 0.05) is 31.0 Å². The van der Waals surface area contributed by atoms with Crippen LogP contribution in [0.25, 0.3) is 0 Å². The maximum absolute atomic E-state index is 12.2. The molecule has 27 heavy (non-hydrogen) atoms. The molecule has 6 heteroatoms. The molecule has 0 spiro atoms. The van der Waals surface area contributed by atoms with Gasteiger partial charge in [-0.05, 0) is 30.2 Å². The van der Waals surface area contributed by atoms with Gasteiger partial charge in [-0.2, -0.15) is 0 Å². The molecule has 6 nitrogen and oxygen atoms in total. The van der Waals surface area contributed by atoms with E-state index in [1.165, 1.54) is 19.6 Å². The highest BCUT2D eigenvalue weighted by Gasteiger charge is 2.11. The molecule has 0 heterocycles. The smallest absolute Gasteiger partial charge is 0.224 e. The predicted molar refractivity (Wildman–Crippen MR) is 105 cm³/mol. The minimum atomic E-state index is -0.271. The first-order valence-corrected chi connectivity index (χ1v) is 8.80. The summed E-state index contributed by atoms with van der Waals surface area (Å²) in [5, 5.41) is 5.38.